The Bertz CT molecular complexity index is 683. The van der Waals surface area contributed by atoms with Crippen LogP contribution in [0, 0.1) is 17.2 Å². The van der Waals surface area contributed by atoms with E-state index in [1.165, 1.54) is 11.1 Å². The number of piperidine rings is 1. The summed E-state index contributed by atoms with van der Waals surface area (Å²) in [6, 6.07) is 0.866. The summed E-state index contributed by atoms with van der Waals surface area (Å²) in [5.74, 6) is -0.209. The minimum absolute atomic E-state index is 0.0407. The van der Waals surface area contributed by atoms with E-state index in [0.29, 0.717) is 25.8 Å². The van der Waals surface area contributed by atoms with Crippen molar-refractivity contribution in [2.24, 2.45) is 11.1 Å². The Balaban J connectivity index is 1.81. The molecule has 9 nitrogen and oxygen atoms in total. The van der Waals surface area contributed by atoms with Crippen molar-refractivity contribution in [3.8, 4) is 6.07 Å². The number of carbonyl (C=O) groups excluding carboxylic acids is 2. The van der Waals surface area contributed by atoms with Crippen molar-refractivity contribution in [3.63, 3.8) is 0 Å². The molecule has 2 saturated heterocycles. The Morgan fingerprint density at radius 2 is 2.11 bits per heavy atom. The van der Waals surface area contributed by atoms with Gasteiger partial charge in [0.1, 0.15) is 17.7 Å². The van der Waals surface area contributed by atoms with Gasteiger partial charge in [-0.25, -0.2) is 4.79 Å². The number of nitrogens with zero attached hydrogens (tertiary/aromatic N) is 4. The van der Waals surface area contributed by atoms with Gasteiger partial charge in [-0.2, -0.15) is 5.26 Å². The molecular formula is C19H28N4O5. The summed E-state index contributed by atoms with van der Waals surface area (Å²) in [5.41, 5.74) is -0.685. The highest BCUT2D eigenvalue weighted by molar-refractivity contribution is 5.88. The summed E-state index contributed by atoms with van der Waals surface area (Å²) in [6.07, 6.45) is 3.23. The van der Waals surface area contributed by atoms with E-state index in [4.69, 9.17) is 14.7 Å². The number of amides is 2. The lowest BCUT2D eigenvalue weighted by Crippen LogP contribution is -2.58. The molecule has 2 amide bonds. The molecule has 0 spiro atoms. The fourth-order valence-electron chi connectivity index (χ4n) is 4.60. The SMILES string of the molecule is CC(C)(C)OC(=O)N1[C@@H]2C[C@@H](C[C@H]2OC/C=N/O)[C@H]1C(=O)N1CCC[C@H]1C#N. The average Bonchev–Trinajstić information content (AvgIpc) is 3.33. The maximum atomic E-state index is 13.3. The van der Waals surface area contributed by atoms with E-state index in [2.05, 4.69) is 11.2 Å². The van der Waals surface area contributed by atoms with Crippen LogP contribution in [0.3, 0.4) is 0 Å². The molecular weight excluding hydrogens is 364 g/mol. The zero-order chi connectivity index (χ0) is 20.5. The van der Waals surface area contributed by atoms with Crippen molar-refractivity contribution in [2.75, 3.05) is 13.2 Å². The molecule has 0 aromatic heterocycles. The molecule has 5 atom stereocenters. The third kappa shape index (κ3) is 3.92. The van der Waals surface area contributed by atoms with Crippen LogP contribution in [0.4, 0.5) is 4.79 Å². The van der Waals surface area contributed by atoms with E-state index >= 15 is 0 Å². The van der Waals surface area contributed by atoms with Crippen LogP contribution in [0.25, 0.3) is 0 Å². The van der Waals surface area contributed by atoms with Crippen LogP contribution in [0.2, 0.25) is 0 Å². The van der Waals surface area contributed by atoms with E-state index in [0.717, 1.165) is 6.42 Å². The minimum Gasteiger partial charge on any atom is -0.444 e. The molecule has 0 radical (unpaired) electrons. The van der Waals surface area contributed by atoms with Crippen molar-refractivity contribution in [1.82, 2.24) is 9.80 Å². The van der Waals surface area contributed by atoms with Gasteiger partial charge in [-0.1, -0.05) is 5.16 Å². The Morgan fingerprint density at radius 3 is 2.75 bits per heavy atom. The fraction of sp³-hybridized carbons (Fsp3) is 0.789. The second-order valence-electron chi connectivity index (χ2n) is 8.62. The lowest BCUT2D eigenvalue weighted by atomic mass is 9.96. The van der Waals surface area contributed by atoms with Crippen LogP contribution >= 0.6 is 0 Å². The first kappa shape index (κ1) is 20.4. The smallest absolute Gasteiger partial charge is 0.411 e. The van der Waals surface area contributed by atoms with Crippen LogP contribution < -0.4 is 0 Å². The van der Waals surface area contributed by atoms with Gasteiger partial charge >= 0.3 is 6.09 Å². The number of oxime groups is 1. The fourth-order valence-corrected chi connectivity index (χ4v) is 4.60. The van der Waals surface area contributed by atoms with Gasteiger partial charge in [-0.3, -0.25) is 9.69 Å². The van der Waals surface area contributed by atoms with Gasteiger partial charge < -0.3 is 19.6 Å². The molecule has 0 aromatic carbocycles. The normalized spacial score (nSPS) is 32.1. The Hall–Kier alpha value is -2.34. The molecule has 3 aliphatic rings. The third-order valence-corrected chi connectivity index (χ3v) is 5.62. The highest BCUT2D eigenvalue weighted by Gasteiger charge is 2.58. The molecule has 1 N–H and O–H groups in total. The number of nitriles is 1. The van der Waals surface area contributed by atoms with E-state index in [9.17, 15) is 14.9 Å². The van der Waals surface area contributed by atoms with Gasteiger partial charge in [-0.15, -0.1) is 0 Å². The van der Waals surface area contributed by atoms with E-state index in [-0.39, 0.29) is 30.6 Å². The number of carbonyl (C=O) groups is 2. The molecule has 1 saturated carbocycles. The van der Waals surface area contributed by atoms with Gasteiger partial charge in [0.05, 0.1) is 31.0 Å². The molecule has 0 aromatic rings. The first-order chi connectivity index (χ1) is 13.3. The first-order valence-electron chi connectivity index (χ1n) is 9.75. The van der Waals surface area contributed by atoms with Crippen LogP contribution in [0.1, 0.15) is 46.5 Å². The van der Waals surface area contributed by atoms with Crippen LogP contribution in [0.15, 0.2) is 5.16 Å². The van der Waals surface area contributed by atoms with Gasteiger partial charge in [0.25, 0.3) is 0 Å². The minimum atomic E-state index is -0.685. The summed E-state index contributed by atoms with van der Waals surface area (Å²) >= 11 is 0. The maximum Gasteiger partial charge on any atom is 0.411 e. The van der Waals surface area contributed by atoms with Crippen molar-refractivity contribution < 1.29 is 24.3 Å². The largest absolute Gasteiger partial charge is 0.444 e. The zero-order valence-corrected chi connectivity index (χ0v) is 16.6. The highest BCUT2D eigenvalue weighted by atomic mass is 16.6. The standard InChI is InChI=1S/C19H28N4O5/c1-19(2,3)28-18(25)23-14-9-12(10-15(14)27-8-6-21-26)16(23)17(24)22-7-4-5-13(22)11-20/h6,12-16,26H,4-5,7-10H2,1-3H3/b21-6+/t12-,13-,14+,15+,16-/m0/s1. The number of rotatable bonds is 4. The molecule has 9 heteroatoms. The van der Waals surface area contributed by atoms with Crippen LogP contribution in [-0.2, 0) is 14.3 Å². The summed E-state index contributed by atoms with van der Waals surface area (Å²) in [5, 5.41) is 20.8. The van der Waals surface area contributed by atoms with Gasteiger partial charge in [-0.05, 0) is 52.4 Å². The molecule has 28 heavy (non-hydrogen) atoms. The number of likely N-dealkylation sites (tertiary alicyclic amines) is 2. The summed E-state index contributed by atoms with van der Waals surface area (Å²) in [4.78, 5) is 29.4. The third-order valence-electron chi connectivity index (χ3n) is 5.62. The Kier molecular flexibility index (Phi) is 5.79. The lowest BCUT2D eigenvalue weighted by Gasteiger charge is -2.40. The van der Waals surface area contributed by atoms with Crippen LogP contribution in [-0.4, -0.2) is 76.2 Å². The first-order valence-corrected chi connectivity index (χ1v) is 9.75. The maximum absolute atomic E-state index is 13.3. The van der Waals surface area contributed by atoms with Crippen molar-refractivity contribution >= 4 is 18.2 Å². The molecule has 2 bridgehead atoms. The zero-order valence-electron chi connectivity index (χ0n) is 16.6. The summed E-state index contributed by atoms with van der Waals surface area (Å²) in [6.45, 7) is 6.03. The van der Waals surface area contributed by atoms with E-state index in [1.54, 1.807) is 25.7 Å². The predicted octanol–water partition coefficient (Wildman–Crippen LogP) is 1.74. The van der Waals surface area contributed by atoms with Gasteiger partial charge in [0.2, 0.25) is 5.91 Å². The number of hydrogen-bond acceptors (Lipinski definition) is 7. The highest BCUT2D eigenvalue weighted by Crippen LogP contribution is 2.45. The number of hydrogen-bond donors (Lipinski definition) is 1. The number of fused-ring (bicyclic) bond motifs is 2. The Morgan fingerprint density at radius 1 is 1.36 bits per heavy atom. The monoisotopic (exact) mass is 392 g/mol. The summed E-state index contributed by atoms with van der Waals surface area (Å²) < 4.78 is 11.3. The molecule has 2 aliphatic heterocycles. The van der Waals surface area contributed by atoms with E-state index < -0.39 is 23.8 Å². The quantitative estimate of drug-likeness (QED) is 0.443. The number of ether oxygens (including phenoxy) is 2. The Labute approximate surface area is 164 Å². The molecule has 3 rings (SSSR count). The summed E-state index contributed by atoms with van der Waals surface area (Å²) in [7, 11) is 0. The van der Waals surface area contributed by atoms with Crippen molar-refractivity contribution in [1.29, 1.82) is 5.26 Å². The van der Waals surface area contributed by atoms with E-state index in [1.807, 2.05) is 0 Å². The van der Waals surface area contributed by atoms with Gasteiger partial charge in [0, 0.05) is 6.54 Å². The molecule has 3 fully saturated rings. The second kappa shape index (κ2) is 7.95. The predicted molar refractivity (Wildman–Crippen MR) is 98.7 cm³/mol. The molecule has 1 aliphatic carbocycles. The van der Waals surface area contributed by atoms with Crippen molar-refractivity contribution in [3.05, 3.63) is 0 Å². The lowest BCUT2D eigenvalue weighted by molar-refractivity contribution is -0.140. The molecule has 154 valence electrons. The second-order valence-corrected chi connectivity index (χ2v) is 8.62. The molecule has 0 unspecified atom stereocenters. The van der Waals surface area contributed by atoms with Gasteiger partial charge in [0.15, 0.2) is 0 Å². The average molecular weight is 392 g/mol. The van der Waals surface area contributed by atoms with Crippen LogP contribution in [0.5, 0.6) is 0 Å². The topological polar surface area (TPSA) is 115 Å². The van der Waals surface area contributed by atoms with Crippen molar-refractivity contribution in [2.45, 2.75) is 76.3 Å². The molecule has 2 heterocycles.